The fourth-order valence-corrected chi connectivity index (χ4v) is 2.16. The SMILES string of the molecule is Fc1ccc(-c2cccc(C(F)(F)F)c2)cc1CBr. The van der Waals surface area contributed by atoms with Crippen molar-refractivity contribution in [2.75, 3.05) is 0 Å². The highest BCUT2D eigenvalue weighted by molar-refractivity contribution is 9.08. The zero-order chi connectivity index (χ0) is 14.0. The van der Waals surface area contributed by atoms with E-state index in [1.54, 1.807) is 12.1 Å². The molecule has 0 nitrogen and oxygen atoms in total. The molecule has 2 aromatic carbocycles. The summed E-state index contributed by atoms with van der Waals surface area (Å²) in [5.41, 5.74) is 0.670. The molecule has 0 aliphatic rings. The maximum Gasteiger partial charge on any atom is 0.416 e. The maximum absolute atomic E-state index is 13.3. The van der Waals surface area contributed by atoms with E-state index in [1.807, 2.05) is 0 Å². The number of benzene rings is 2. The highest BCUT2D eigenvalue weighted by Crippen LogP contribution is 2.32. The Balaban J connectivity index is 2.47. The topological polar surface area (TPSA) is 0 Å². The van der Waals surface area contributed by atoms with Gasteiger partial charge in [-0.25, -0.2) is 4.39 Å². The Morgan fingerprint density at radius 2 is 1.63 bits per heavy atom. The smallest absolute Gasteiger partial charge is 0.207 e. The van der Waals surface area contributed by atoms with Gasteiger partial charge in [-0.3, -0.25) is 0 Å². The number of hydrogen-bond acceptors (Lipinski definition) is 0. The van der Waals surface area contributed by atoms with Gasteiger partial charge in [-0.05, 0) is 41.0 Å². The molecule has 2 aromatic rings. The normalized spacial score (nSPS) is 11.6. The number of alkyl halides is 4. The molecule has 0 saturated heterocycles. The summed E-state index contributed by atoms with van der Waals surface area (Å²) in [7, 11) is 0. The van der Waals surface area contributed by atoms with Gasteiger partial charge in [0.15, 0.2) is 0 Å². The first-order valence-corrected chi connectivity index (χ1v) is 6.56. The van der Waals surface area contributed by atoms with E-state index in [-0.39, 0.29) is 5.82 Å². The Morgan fingerprint density at radius 3 is 2.26 bits per heavy atom. The molecule has 0 bridgehead atoms. The molecule has 0 aromatic heterocycles. The van der Waals surface area contributed by atoms with Crippen LogP contribution in [0.4, 0.5) is 17.6 Å². The van der Waals surface area contributed by atoms with Crippen molar-refractivity contribution >= 4 is 15.9 Å². The van der Waals surface area contributed by atoms with E-state index in [2.05, 4.69) is 15.9 Å². The molecule has 100 valence electrons. The molecule has 0 unspecified atom stereocenters. The minimum atomic E-state index is -4.38. The molecule has 0 spiro atoms. The van der Waals surface area contributed by atoms with Crippen LogP contribution in [0, 0.1) is 5.82 Å². The lowest BCUT2D eigenvalue weighted by Gasteiger charge is -2.10. The zero-order valence-corrected chi connectivity index (χ0v) is 11.2. The van der Waals surface area contributed by atoms with Crippen molar-refractivity contribution in [1.82, 2.24) is 0 Å². The Hall–Kier alpha value is -1.36. The van der Waals surface area contributed by atoms with Crippen molar-refractivity contribution in [2.24, 2.45) is 0 Å². The molecule has 0 heterocycles. The third kappa shape index (κ3) is 3.15. The van der Waals surface area contributed by atoms with Crippen molar-refractivity contribution in [3.8, 4) is 11.1 Å². The quantitative estimate of drug-likeness (QED) is 0.509. The van der Waals surface area contributed by atoms with Crippen LogP contribution in [-0.4, -0.2) is 0 Å². The van der Waals surface area contributed by atoms with E-state index >= 15 is 0 Å². The second-order valence-corrected chi connectivity index (χ2v) is 4.58. The summed E-state index contributed by atoms with van der Waals surface area (Å²) in [5.74, 6) is -0.382. The summed E-state index contributed by atoms with van der Waals surface area (Å²) < 4.78 is 51.2. The van der Waals surface area contributed by atoms with Crippen molar-refractivity contribution in [1.29, 1.82) is 0 Å². The maximum atomic E-state index is 13.3. The molecule has 0 radical (unpaired) electrons. The molecular weight excluding hydrogens is 324 g/mol. The molecule has 19 heavy (non-hydrogen) atoms. The Labute approximate surface area is 116 Å². The van der Waals surface area contributed by atoms with Gasteiger partial charge in [0.25, 0.3) is 0 Å². The van der Waals surface area contributed by atoms with E-state index < -0.39 is 11.7 Å². The highest BCUT2D eigenvalue weighted by Gasteiger charge is 2.30. The molecule has 0 fully saturated rings. The molecule has 0 N–H and O–H groups in total. The summed E-state index contributed by atoms with van der Waals surface area (Å²) in [6.45, 7) is 0. The minimum Gasteiger partial charge on any atom is -0.207 e. The second-order valence-electron chi connectivity index (χ2n) is 4.02. The van der Waals surface area contributed by atoms with Crippen LogP contribution < -0.4 is 0 Å². The number of hydrogen-bond donors (Lipinski definition) is 0. The minimum absolute atomic E-state index is 0.311. The molecule has 0 aliphatic carbocycles. The standard InChI is InChI=1S/C14H9BrF4/c15-8-11-6-10(4-5-13(11)16)9-2-1-3-12(7-9)14(17,18)19/h1-7H,8H2. The monoisotopic (exact) mass is 332 g/mol. The Bertz CT molecular complexity index is 590. The largest absolute Gasteiger partial charge is 0.416 e. The average Bonchev–Trinajstić information content (AvgIpc) is 2.38. The molecular formula is C14H9BrF4. The molecule has 0 atom stereocenters. The van der Waals surface area contributed by atoms with Crippen LogP contribution in [0.15, 0.2) is 42.5 Å². The first kappa shape index (κ1) is 14.1. The first-order valence-electron chi connectivity index (χ1n) is 5.44. The molecule has 5 heteroatoms. The van der Waals surface area contributed by atoms with E-state index in [0.29, 0.717) is 22.0 Å². The second kappa shape index (κ2) is 5.33. The van der Waals surface area contributed by atoms with Crippen molar-refractivity contribution in [3.05, 3.63) is 59.4 Å². The van der Waals surface area contributed by atoms with Crippen LogP contribution in [0.5, 0.6) is 0 Å². The fraction of sp³-hybridized carbons (Fsp3) is 0.143. The van der Waals surface area contributed by atoms with Crippen LogP contribution in [0.3, 0.4) is 0 Å². The van der Waals surface area contributed by atoms with Gasteiger partial charge in [-0.15, -0.1) is 0 Å². The van der Waals surface area contributed by atoms with Crippen LogP contribution in [0.2, 0.25) is 0 Å². The summed E-state index contributed by atoms with van der Waals surface area (Å²) in [4.78, 5) is 0. The van der Waals surface area contributed by atoms with Crippen molar-refractivity contribution in [3.63, 3.8) is 0 Å². The average molecular weight is 333 g/mol. The van der Waals surface area contributed by atoms with Crippen molar-refractivity contribution < 1.29 is 17.6 Å². The van der Waals surface area contributed by atoms with Crippen LogP contribution >= 0.6 is 15.9 Å². The Kier molecular flexibility index (Phi) is 3.94. The predicted octanol–water partition coefficient (Wildman–Crippen LogP) is 5.41. The fourth-order valence-electron chi connectivity index (χ4n) is 1.73. The van der Waals surface area contributed by atoms with Gasteiger partial charge in [0.05, 0.1) is 5.56 Å². The molecule has 0 aliphatic heterocycles. The van der Waals surface area contributed by atoms with Crippen molar-refractivity contribution in [2.45, 2.75) is 11.5 Å². The number of halogens is 5. The van der Waals surface area contributed by atoms with Gasteiger partial charge in [0.2, 0.25) is 0 Å². The van der Waals surface area contributed by atoms with Gasteiger partial charge in [0, 0.05) is 5.33 Å². The summed E-state index contributed by atoms with van der Waals surface area (Å²) in [6, 6.07) is 9.25. The third-order valence-corrected chi connectivity index (χ3v) is 3.32. The summed E-state index contributed by atoms with van der Waals surface area (Å²) in [6.07, 6.45) is -4.38. The Morgan fingerprint density at radius 1 is 0.947 bits per heavy atom. The highest BCUT2D eigenvalue weighted by atomic mass is 79.9. The molecule has 2 rings (SSSR count). The van der Waals surface area contributed by atoms with Crippen LogP contribution in [0.1, 0.15) is 11.1 Å². The van der Waals surface area contributed by atoms with Gasteiger partial charge in [-0.1, -0.05) is 34.1 Å². The van der Waals surface area contributed by atoms with E-state index in [1.165, 1.54) is 18.2 Å². The van der Waals surface area contributed by atoms with E-state index in [0.717, 1.165) is 12.1 Å². The lowest BCUT2D eigenvalue weighted by molar-refractivity contribution is -0.137. The third-order valence-electron chi connectivity index (χ3n) is 2.71. The summed E-state index contributed by atoms with van der Waals surface area (Å²) >= 11 is 3.14. The number of rotatable bonds is 2. The van der Waals surface area contributed by atoms with Gasteiger partial charge in [0.1, 0.15) is 5.82 Å². The predicted molar refractivity (Wildman–Crippen MR) is 69.5 cm³/mol. The van der Waals surface area contributed by atoms with Gasteiger partial charge in [-0.2, -0.15) is 13.2 Å². The summed E-state index contributed by atoms with van der Waals surface area (Å²) in [5, 5.41) is 0.311. The molecule has 0 amide bonds. The van der Waals surface area contributed by atoms with Crippen LogP contribution in [-0.2, 0) is 11.5 Å². The van der Waals surface area contributed by atoms with E-state index in [4.69, 9.17) is 0 Å². The lowest BCUT2D eigenvalue weighted by atomic mass is 10.0. The first-order chi connectivity index (χ1) is 8.91. The molecule has 0 saturated carbocycles. The lowest BCUT2D eigenvalue weighted by Crippen LogP contribution is -2.04. The van der Waals surface area contributed by atoms with E-state index in [9.17, 15) is 17.6 Å². The van der Waals surface area contributed by atoms with Gasteiger partial charge >= 0.3 is 6.18 Å². The zero-order valence-electron chi connectivity index (χ0n) is 9.64. The van der Waals surface area contributed by atoms with Crippen LogP contribution in [0.25, 0.3) is 11.1 Å². The van der Waals surface area contributed by atoms with Gasteiger partial charge < -0.3 is 0 Å².